The molecule has 2 aromatic rings. The molecule has 1 aromatic heterocycles. The van der Waals surface area contributed by atoms with Crippen molar-refractivity contribution in [3.05, 3.63) is 54.1 Å². The van der Waals surface area contributed by atoms with Crippen LogP contribution in [0.15, 0.2) is 42.9 Å². The van der Waals surface area contributed by atoms with Crippen LogP contribution >= 0.6 is 0 Å². The molecule has 1 fully saturated rings. The minimum atomic E-state index is -0.180. The first-order valence-electron chi connectivity index (χ1n) is 8.27. The summed E-state index contributed by atoms with van der Waals surface area (Å²) < 4.78 is 5.37. The van der Waals surface area contributed by atoms with Gasteiger partial charge in [-0.05, 0) is 37.2 Å². The van der Waals surface area contributed by atoms with Crippen LogP contribution in [-0.4, -0.2) is 40.7 Å². The van der Waals surface area contributed by atoms with Gasteiger partial charge in [-0.25, -0.2) is 9.78 Å². The second-order valence-electron chi connectivity index (χ2n) is 5.97. The molecule has 0 spiro atoms. The molecule has 1 aliphatic rings. The summed E-state index contributed by atoms with van der Waals surface area (Å²) in [5, 5.41) is 0. The van der Waals surface area contributed by atoms with E-state index in [0.717, 1.165) is 44.5 Å². The monoisotopic (exact) mass is 313 g/mol. The summed E-state index contributed by atoms with van der Waals surface area (Å²) in [6.45, 7) is 2.01. The summed E-state index contributed by atoms with van der Waals surface area (Å²) in [4.78, 5) is 20.9. The quantitative estimate of drug-likeness (QED) is 0.861. The van der Waals surface area contributed by atoms with Crippen molar-refractivity contribution in [3.8, 4) is 0 Å². The number of H-pyrrole nitrogens is 1. The number of likely N-dealkylation sites (tertiary alicyclic amines) is 1. The maximum Gasteiger partial charge on any atom is 0.409 e. The van der Waals surface area contributed by atoms with Crippen molar-refractivity contribution in [1.29, 1.82) is 0 Å². The number of hydrogen-bond acceptors (Lipinski definition) is 3. The molecule has 0 atom stereocenters. The van der Waals surface area contributed by atoms with E-state index in [1.807, 2.05) is 11.0 Å². The van der Waals surface area contributed by atoms with E-state index in [1.165, 1.54) is 5.56 Å². The normalized spacial score (nSPS) is 15.6. The third-order valence-corrected chi connectivity index (χ3v) is 4.39. The Morgan fingerprint density at radius 1 is 1.26 bits per heavy atom. The van der Waals surface area contributed by atoms with E-state index in [1.54, 1.807) is 12.5 Å². The van der Waals surface area contributed by atoms with Crippen molar-refractivity contribution >= 4 is 6.09 Å². The first-order chi connectivity index (χ1) is 11.3. The van der Waals surface area contributed by atoms with Crippen LogP contribution in [0.3, 0.4) is 0 Å². The summed E-state index contributed by atoms with van der Waals surface area (Å²) in [6.07, 6.45) is 6.97. The van der Waals surface area contributed by atoms with Crippen molar-refractivity contribution < 1.29 is 9.53 Å². The maximum absolute atomic E-state index is 12.1. The fraction of sp³-hybridized carbons (Fsp3) is 0.444. The van der Waals surface area contributed by atoms with Crippen LogP contribution in [0.1, 0.15) is 36.4 Å². The Morgan fingerprint density at radius 2 is 2.04 bits per heavy atom. The number of ether oxygens (including phenoxy) is 1. The number of aromatic amines is 1. The molecule has 5 nitrogen and oxygen atoms in total. The minimum absolute atomic E-state index is 0.180. The number of hydrogen-bond donors (Lipinski definition) is 1. The van der Waals surface area contributed by atoms with Crippen molar-refractivity contribution in [1.82, 2.24) is 14.9 Å². The number of carbonyl (C=O) groups excluding carboxylic acids is 1. The standard InChI is InChI=1S/C18H23N3O2/c22-18(23-12-4-7-17-13-19-14-20-17)21-10-8-16(9-11-21)15-5-2-1-3-6-15/h1-3,5-6,13-14,16H,4,7-12H2,(H,19,20). The van der Waals surface area contributed by atoms with Crippen LogP contribution in [-0.2, 0) is 11.2 Å². The smallest absolute Gasteiger partial charge is 0.409 e. The Hall–Kier alpha value is -2.30. The zero-order valence-corrected chi connectivity index (χ0v) is 13.3. The highest BCUT2D eigenvalue weighted by atomic mass is 16.6. The predicted octanol–water partition coefficient (Wildman–Crippen LogP) is 3.36. The predicted molar refractivity (Wildman–Crippen MR) is 88.2 cm³/mol. The molecule has 1 N–H and O–H groups in total. The lowest BCUT2D eigenvalue weighted by Gasteiger charge is -2.31. The third-order valence-electron chi connectivity index (χ3n) is 4.39. The second-order valence-corrected chi connectivity index (χ2v) is 5.97. The van der Waals surface area contributed by atoms with Crippen LogP contribution in [0, 0.1) is 0 Å². The van der Waals surface area contributed by atoms with Crippen molar-refractivity contribution in [3.63, 3.8) is 0 Å². The van der Waals surface area contributed by atoms with E-state index >= 15 is 0 Å². The molecule has 2 heterocycles. The number of imidazole rings is 1. The van der Waals surface area contributed by atoms with Gasteiger partial charge in [-0.3, -0.25) is 0 Å². The first kappa shape index (κ1) is 15.6. The molecule has 0 bridgehead atoms. The van der Waals surface area contributed by atoms with Crippen LogP contribution < -0.4 is 0 Å². The number of aromatic nitrogens is 2. The Kier molecular flexibility index (Phi) is 5.29. The lowest BCUT2D eigenvalue weighted by Crippen LogP contribution is -2.38. The van der Waals surface area contributed by atoms with Gasteiger partial charge in [-0.1, -0.05) is 30.3 Å². The van der Waals surface area contributed by atoms with E-state index in [4.69, 9.17) is 4.74 Å². The van der Waals surface area contributed by atoms with Crippen LogP contribution in [0.4, 0.5) is 4.79 Å². The van der Waals surface area contributed by atoms with Crippen molar-refractivity contribution in [2.45, 2.75) is 31.6 Å². The number of benzene rings is 1. The lowest BCUT2D eigenvalue weighted by atomic mass is 9.90. The average Bonchev–Trinajstić information content (AvgIpc) is 3.13. The number of amides is 1. The average molecular weight is 313 g/mol. The van der Waals surface area contributed by atoms with Crippen LogP contribution in [0.2, 0.25) is 0 Å². The van der Waals surface area contributed by atoms with E-state index in [2.05, 4.69) is 34.2 Å². The highest BCUT2D eigenvalue weighted by Gasteiger charge is 2.24. The van der Waals surface area contributed by atoms with Crippen molar-refractivity contribution in [2.24, 2.45) is 0 Å². The Bertz CT molecular complexity index is 590. The topological polar surface area (TPSA) is 58.2 Å². The summed E-state index contributed by atoms with van der Waals surface area (Å²) in [5.41, 5.74) is 2.45. The lowest BCUT2D eigenvalue weighted by molar-refractivity contribution is 0.0917. The van der Waals surface area contributed by atoms with E-state index in [-0.39, 0.29) is 6.09 Å². The van der Waals surface area contributed by atoms with E-state index < -0.39 is 0 Å². The largest absolute Gasteiger partial charge is 0.449 e. The van der Waals surface area contributed by atoms with E-state index in [0.29, 0.717) is 12.5 Å². The molecule has 0 unspecified atom stereocenters. The minimum Gasteiger partial charge on any atom is -0.449 e. The summed E-state index contributed by atoms with van der Waals surface area (Å²) in [5.74, 6) is 0.556. The first-order valence-corrected chi connectivity index (χ1v) is 8.27. The Balaban J connectivity index is 1.36. The molecule has 0 aliphatic carbocycles. The molecule has 0 radical (unpaired) electrons. The fourth-order valence-electron chi connectivity index (χ4n) is 3.06. The van der Waals surface area contributed by atoms with Gasteiger partial charge in [0.2, 0.25) is 0 Å². The SMILES string of the molecule is O=C(OCCCc1cnc[nH]1)N1CCC(c2ccccc2)CC1. The number of carbonyl (C=O) groups is 1. The van der Waals surface area contributed by atoms with Gasteiger partial charge in [-0.2, -0.15) is 0 Å². The van der Waals surface area contributed by atoms with Gasteiger partial charge in [0.1, 0.15) is 0 Å². The molecule has 5 heteroatoms. The van der Waals surface area contributed by atoms with Gasteiger partial charge in [-0.15, -0.1) is 0 Å². The molecule has 1 aliphatic heterocycles. The van der Waals surface area contributed by atoms with Crippen molar-refractivity contribution in [2.75, 3.05) is 19.7 Å². The summed E-state index contributed by atoms with van der Waals surface area (Å²) in [6, 6.07) is 10.5. The zero-order chi connectivity index (χ0) is 15.9. The van der Waals surface area contributed by atoms with Gasteiger partial charge in [0.15, 0.2) is 0 Å². The number of aryl methyl sites for hydroxylation is 1. The Labute approximate surface area is 136 Å². The molecule has 0 saturated carbocycles. The van der Waals surface area contributed by atoms with Gasteiger partial charge < -0.3 is 14.6 Å². The highest BCUT2D eigenvalue weighted by molar-refractivity contribution is 5.67. The molecular weight excluding hydrogens is 290 g/mol. The molecule has 3 rings (SSSR count). The third kappa shape index (κ3) is 4.34. The number of rotatable bonds is 5. The summed E-state index contributed by atoms with van der Waals surface area (Å²) in [7, 11) is 0. The van der Waals surface area contributed by atoms with Gasteiger partial charge >= 0.3 is 6.09 Å². The Morgan fingerprint density at radius 3 is 2.74 bits per heavy atom. The van der Waals surface area contributed by atoms with Crippen LogP contribution in [0.5, 0.6) is 0 Å². The van der Waals surface area contributed by atoms with Gasteiger partial charge in [0, 0.05) is 25.0 Å². The zero-order valence-electron chi connectivity index (χ0n) is 13.3. The number of piperidine rings is 1. The van der Waals surface area contributed by atoms with Gasteiger partial charge in [0.25, 0.3) is 0 Å². The van der Waals surface area contributed by atoms with E-state index in [9.17, 15) is 4.79 Å². The second kappa shape index (κ2) is 7.81. The fourth-order valence-corrected chi connectivity index (χ4v) is 3.06. The highest BCUT2D eigenvalue weighted by Crippen LogP contribution is 2.27. The number of nitrogens with zero attached hydrogens (tertiary/aromatic N) is 2. The molecule has 1 amide bonds. The molecular formula is C18H23N3O2. The number of nitrogens with one attached hydrogen (secondary N) is 1. The maximum atomic E-state index is 12.1. The molecule has 122 valence electrons. The molecule has 1 aromatic carbocycles. The summed E-state index contributed by atoms with van der Waals surface area (Å²) >= 11 is 0. The molecule has 23 heavy (non-hydrogen) atoms. The van der Waals surface area contributed by atoms with Gasteiger partial charge in [0.05, 0.1) is 12.9 Å². The molecule has 1 saturated heterocycles. The van der Waals surface area contributed by atoms with Crippen LogP contribution in [0.25, 0.3) is 0 Å².